The Morgan fingerprint density at radius 2 is 1.84 bits per heavy atom. The highest BCUT2D eigenvalue weighted by atomic mass is 19.4. The van der Waals surface area contributed by atoms with Gasteiger partial charge < -0.3 is 15.0 Å². The highest BCUT2D eigenvalue weighted by Gasteiger charge is 2.41. The second-order valence-corrected chi connectivity index (χ2v) is 7.82. The number of alkyl halides is 5. The number of halogens is 5. The number of hydrogen-bond donors (Lipinski definition) is 1. The monoisotopic (exact) mass is 454 g/mol. The summed E-state index contributed by atoms with van der Waals surface area (Å²) in [7, 11) is 0. The van der Waals surface area contributed by atoms with E-state index in [0.717, 1.165) is 18.3 Å². The van der Waals surface area contributed by atoms with E-state index in [1.165, 1.54) is 11.0 Å². The summed E-state index contributed by atoms with van der Waals surface area (Å²) in [6, 6.07) is 5.37. The van der Waals surface area contributed by atoms with Gasteiger partial charge in [-0.3, -0.25) is 0 Å². The van der Waals surface area contributed by atoms with Crippen LogP contribution in [0, 0.1) is 11.3 Å². The van der Waals surface area contributed by atoms with E-state index < -0.39 is 29.6 Å². The van der Waals surface area contributed by atoms with Gasteiger partial charge in [-0.25, -0.2) is 18.7 Å². The van der Waals surface area contributed by atoms with Crippen molar-refractivity contribution in [3.63, 3.8) is 0 Å². The van der Waals surface area contributed by atoms with Crippen molar-refractivity contribution in [1.29, 1.82) is 5.26 Å². The predicted octanol–water partition coefficient (Wildman–Crippen LogP) is 4.05. The first-order valence-electron chi connectivity index (χ1n) is 9.92. The third kappa shape index (κ3) is 4.57. The van der Waals surface area contributed by atoms with Crippen LogP contribution in [0.15, 0.2) is 24.4 Å². The molecule has 2 aliphatic heterocycles. The zero-order valence-electron chi connectivity index (χ0n) is 16.8. The smallest absolute Gasteiger partial charge is 0.381 e. The van der Waals surface area contributed by atoms with E-state index in [2.05, 4.69) is 26.3 Å². The molecular formula is C20H19F5N6O. The summed E-state index contributed by atoms with van der Waals surface area (Å²) in [6.45, 7) is 0.0833. The van der Waals surface area contributed by atoms with Crippen molar-refractivity contribution in [1.82, 2.24) is 15.0 Å². The molecule has 12 heteroatoms. The molecule has 0 atom stereocenters. The first-order chi connectivity index (χ1) is 15.1. The van der Waals surface area contributed by atoms with Crippen LogP contribution in [0.4, 0.5) is 39.5 Å². The van der Waals surface area contributed by atoms with E-state index in [0.29, 0.717) is 31.7 Å². The minimum Gasteiger partial charge on any atom is -0.381 e. The van der Waals surface area contributed by atoms with Crippen LogP contribution in [-0.2, 0) is 16.3 Å². The lowest BCUT2D eigenvalue weighted by Gasteiger charge is -2.31. The lowest BCUT2D eigenvalue weighted by molar-refractivity contribution is -0.137. The topological polar surface area (TPSA) is 87.0 Å². The molecule has 0 spiro atoms. The molecular weight excluding hydrogens is 435 g/mol. The Kier molecular flexibility index (Phi) is 5.62. The van der Waals surface area contributed by atoms with Gasteiger partial charge in [0.25, 0.3) is 5.92 Å². The van der Waals surface area contributed by atoms with Crippen molar-refractivity contribution in [2.24, 2.45) is 0 Å². The van der Waals surface area contributed by atoms with Gasteiger partial charge in [0, 0.05) is 38.4 Å². The molecule has 4 rings (SSSR count). The fourth-order valence-corrected chi connectivity index (χ4v) is 3.74. The van der Waals surface area contributed by atoms with E-state index in [-0.39, 0.29) is 30.5 Å². The van der Waals surface area contributed by atoms with Crippen molar-refractivity contribution < 1.29 is 26.7 Å². The quantitative estimate of drug-likeness (QED) is 0.698. The highest BCUT2D eigenvalue weighted by Crippen LogP contribution is 2.37. The highest BCUT2D eigenvalue weighted by molar-refractivity contribution is 5.56. The van der Waals surface area contributed by atoms with Crippen LogP contribution in [0.5, 0.6) is 0 Å². The maximum absolute atomic E-state index is 13.8. The number of hydrogen-bond acceptors (Lipinski definition) is 7. The molecule has 2 saturated heterocycles. The molecule has 170 valence electrons. The minimum absolute atomic E-state index is 0.0143. The van der Waals surface area contributed by atoms with Crippen LogP contribution in [0.3, 0.4) is 0 Å². The number of ether oxygens (including phenoxy) is 1. The molecule has 0 amide bonds. The Morgan fingerprint density at radius 3 is 2.47 bits per heavy atom. The van der Waals surface area contributed by atoms with Gasteiger partial charge in [0.15, 0.2) is 0 Å². The van der Waals surface area contributed by atoms with Gasteiger partial charge in [0.2, 0.25) is 5.95 Å². The largest absolute Gasteiger partial charge is 0.416 e. The lowest BCUT2D eigenvalue weighted by Crippen LogP contribution is -2.34. The van der Waals surface area contributed by atoms with Gasteiger partial charge in [0.05, 0.1) is 23.9 Å². The SMILES string of the molecule is N#CC1(c2cc(Nc3cc(C(F)(F)F)ccn3)nc(N3CCC(F)(F)C3)n2)CCOCC1. The Bertz CT molecular complexity index is 1030. The van der Waals surface area contributed by atoms with Crippen molar-refractivity contribution in [2.45, 2.75) is 36.8 Å². The number of rotatable bonds is 4. The van der Waals surface area contributed by atoms with Gasteiger partial charge in [0.1, 0.15) is 17.1 Å². The number of aromatic nitrogens is 3. The van der Waals surface area contributed by atoms with Crippen LogP contribution in [-0.4, -0.2) is 47.2 Å². The number of nitrogens with zero attached hydrogens (tertiary/aromatic N) is 5. The van der Waals surface area contributed by atoms with Crippen molar-refractivity contribution in [2.75, 3.05) is 36.5 Å². The molecule has 2 aromatic rings. The fraction of sp³-hybridized carbons (Fsp3) is 0.500. The first-order valence-corrected chi connectivity index (χ1v) is 9.92. The van der Waals surface area contributed by atoms with Crippen LogP contribution in [0.25, 0.3) is 0 Å². The molecule has 0 aromatic carbocycles. The summed E-state index contributed by atoms with van der Waals surface area (Å²) in [4.78, 5) is 13.8. The summed E-state index contributed by atoms with van der Waals surface area (Å²) in [5.41, 5.74) is -1.62. The van der Waals surface area contributed by atoms with E-state index in [4.69, 9.17) is 4.74 Å². The first kappa shape index (κ1) is 22.1. The van der Waals surface area contributed by atoms with Gasteiger partial charge in [-0.15, -0.1) is 0 Å². The normalized spacial score (nSPS) is 20.1. The number of anilines is 3. The standard InChI is InChI=1S/C20H19F5N6O/c21-19(22)2-6-31(12-19)17-28-14(18(11-26)3-7-32-8-4-18)10-16(30-17)29-15-9-13(1-5-27-15)20(23,24)25/h1,5,9-10H,2-4,6-8,12H2,(H,27,28,29,30). The third-order valence-corrected chi connectivity index (χ3v) is 5.56. The van der Waals surface area contributed by atoms with E-state index in [1.54, 1.807) is 0 Å². The summed E-state index contributed by atoms with van der Waals surface area (Å²) < 4.78 is 72.0. The van der Waals surface area contributed by atoms with Crippen LogP contribution < -0.4 is 10.2 Å². The molecule has 0 aliphatic carbocycles. The Morgan fingerprint density at radius 1 is 1.09 bits per heavy atom. The molecule has 1 N–H and O–H groups in total. The number of pyridine rings is 1. The summed E-state index contributed by atoms with van der Waals surface area (Å²) >= 11 is 0. The molecule has 2 aromatic heterocycles. The van der Waals surface area contributed by atoms with Crippen molar-refractivity contribution in [3.8, 4) is 6.07 Å². The van der Waals surface area contributed by atoms with E-state index >= 15 is 0 Å². The maximum atomic E-state index is 13.8. The third-order valence-electron chi connectivity index (χ3n) is 5.56. The second kappa shape index (κ2) is 8.12. The van der Waals surface area contributed by atoms with Gasteiger partial charge in [-0.05, 0) is 25.0 Å². The lowest BCUT2D eigenvalue weighted by atomic mass is 9.78. The minimum atomic E-state index is -4.56. The predicted molar refractivity (Wildman–Crippen MR) is 104 cm³/mol. The number of nitrogens with one attached hydrogen (secondary N) is 1. The fourth-order valence-electron chi connectivity index (χ4n) is 3.74. The summed E-state index contributed by atoms with van der Waals surface area (Å²) in [5.74, 6) is -2.98. The zero-order valence-corrected chi connectivity index (χ0v) is 16.8. The van der Waals surface area contributed by atoms with E-state index in [1.807, 2.05) is 0 Å². The van der Waals surface area contributed by atoms with E-state index in [9.17, 15) is 27.2 Å². The molecule has 32 heavy (non-hydrogen) atoms. The Balaban J connectivity index is 1.73. The Hall–Kier alpha value is -3.07. The maximum Gasteiger partial charge on any atom is 0.416 e. The van der Waals surface area contributed by atoms with Gasteiger partial charge in [-0.2, -0.15) is 23.4 Å². The second-order valence-electron chi connectivity index (χ2n) is 7.82. The Labute approximate surface area is 180 Å². The molecule has 0 saturated carbocycles. The van der Waals surface area contributed by atoms with Crippen LogP contribution >= 0.6 is 0 Å². The van der Waals surface area contributed by atoms with Gasteiger partial charge in [-0.1, -0.05) is 0 Å². The molecule has 2 fully saturated rings. The summed E-state index contributed by atoms with van der Waals surface area (Å²) in [5, 5.41) is 12.6. The molecule has 0 radical (unpaired) electrons. The van der Waals surface area contributed by atoms with Crippen LogP contribution in [0.1, 0.15) is 30.5 Å². The summed E-state index contributed by atoms with van der Waals surface area (Å²) in [6.07, 6.45) is -3.23. The molecule has 4 heterocycles. The van der Waals surface area contributed by atoms with Gasteiger partial charge >= 0.3 is 6.18 Å². The van der Waals surface area contributed by atoms with Crippen molar-refractivity contribution >= 4 is 17.6 Å². The van der Waals surface area contributed by atoms with Crippen molar-refractivity contribution in [3.05, 3.63) is 35.7 Å². The molecule has 0 unspecified atom stereocenters. The molecule has 0 bridgehead atoms. The van der Waals surface area contributed by atoms with Crippen LogP contribution in [0.2, 0.25) is 0 Å². The molecule has 2 aliphatic rings. The zero-order chi connectivity index (χ0) is 23.0. The number of nitriles is 1. The average Bonchev–Trinajstić information content (AvgIpc) is 3.13. The molecule has 7 nitrogen and oxygen atoms in total. The average molecular weight is 454 g/mol.